The molecule has 0 aromatic heterocycles. The van der Waals surface area contributed by atoms with Crippen LogP contribution in [0.4, 0.5) is 0 Å². The zero-order valence-corrected chi connectivity index (χ0v) is 9.42. The van der Waals surface area contributed by atoms with Gasteiger partial charge in [-0.1, -0.05) is 28.1 Å². The first-order chi connectivity index (χ1) is 6.76. The van der Waals surface area contributed by atoms with Crippen molar-refractivity contribution in [3.63, 3.8) is 0 Å². The third-order valence-electron chi connectivity index (χ3n) is 2.00. The molecule has 0 aliphatic heterocycles. The van der Waals surface area contributed by atoms with Gasteiger partial charge in [0.05, 0.1) is 0 Å². The van der Waals surface area contributed by atoms with Gasteiger partial charge in [-0.3, -0.25) is 11.3 Å². The normalized spacial score (nSPS) is 12.1. The van der Waals surface area contributed by atoms with Crippen LogP contribution in [0.5, 0.6) is 0 Å². The summed E-state index contributed by atoms with van der Waals surface area (Å²) in [6.07, 6.45) is 6.73. The fourth-order valence-electron chi connectivity index (χ4n) is 1.24. The Hall–Kier alpha value is -0.820. The van der Waals surface area contributed by atoms with Crippen molar-refractivity contribution in [2.45, 2.75) is 18.9 Å². The number of benzene rings is 1. The molecule has 1 unspecified atom stereocenters. The van der Waals surface area contributed by atoms with Crippen LogP contribution in [0.1, 0.15) is 12.0 Å². The number of hydrazine groups is 1. The van der Waals surface area contributed by atoms with Crippen molar-refractivity contribution in [1.82, 2.24) is 5.43 Å². The molecule has 1 aromatic carbocycles. The maximum absolute atomic E-state index is 5.38. The standard InChI is InChI=1S/C11H13BrN2/c1-2-3-11(14-13)8-9-4-6-10(12)7-5-9/h1,4-7,11,14H,3,8,13H2. The molecule has 1 rings (SSSR count). The number of hydrogen-bond acceptors (Lipinski definition) is 2. The first-order valence-electron chi connectivity index (χ1n) is 4.40. The molecular formula is C11H13BrN2. The van der Waals surface area contributed by atoms with Gasteiger partial charge in [0.15, 0.2) is 0 Å². The Bertz CT molecular complexity index is 313. The second-order valence-corrected chi connectivity index (χ2v) is 4.02. The van der Waals surface area contributed by atoms with E-state index in [0.717, 1.165) is 10.9 Å². The van der Waals surface area contributed by atoms with E-state index in [1.807, 2.05) is 12.1 Å². The monoisotopic (exact) mass is 252 g/mol. The summed E-state index contributed by atoms with van der Waals surface area (Å²) in [7, 11) is 0. The van der Waals surface area contributed by atoms with Gasteiger partial charge in [-0.15, -0.1) is 12.3 Å². The Morgan fingerprint density at radius 1 is 1.43 bits per heavy atom. The Morgan fingerprint density at radius 3 is 2.57 bits per heavy atom. The van der Waals surface area contributed by atoms with E-state index in [-0.39, 0.29) is 6.04 Å². The second kappa shape index (κ2) is 5.82. The van der Waals surface area contributed by atoms with E-state index in [1.54, 1.807) is 0 Å². The minimum absolute atomic E-state index is 0.154. The van der Waals surface area contributed by atoms with Gasteiger partial charge < -0.3 is 0 Å². The van der Waals surface area contributed by atoms with Crippen molar-refractivity contribution in [2.24, 2.45) is 5.84 Å². The van der Waals surface area contributed by atoms with E-state index in [2.05, 4.69) is 39.4 Å². The lowest BCUT2D eigenvalue weighted by molar-refractivity contribution is 0.537. The van der Waals surface area contributed by atoms with E-state index >= 15 is 0 Å². The number of halogens is 1. The van der Waals surface area contributed by atoms with Crippen LogP contribution < -0.4 is 11.3 Å². The highest BCUT2D eigenvalue weighted by atomic mass is 79.9. The minimum Gasteiger partial charge on any atom is -0.271 e. The molecule has 0 radical (unpaired) electrons. The first-order valence-corrected chi connectivity index (χ1v) is 5.19. The summed E-state index contributed by atoms with van der Waals surface area (Å²) in [5, 5.41) is 0. The van der Waals surface area contributed by atoms with Crippen LogP contribution in [-0.2, 0) is 6.42 Å². The maximum atomic E-state index is 5.38. The van der Waals surface area contributed by atoms with Crippen molar-refractivity contribution in [2.75, 3.05) is 0 Å². The zero-order valence-electron chi connectivity index (χ0n) is 7.83. The molecule has 0 bridgehead atoms. The lowest BCUT2D eigenvalue weighted by atomic mass is 10.0. The lowest BCUT2D eigenvalue weighted by Gasteiger charge is -2.12. The van der Waals surface area contributed by atoms with Crippen LogP contribution in [0.15, 0.2) is 28.7 Å². The summed E-state index contributed by atoms with van der Waals surface area (Å²) in [6.45, 7) is 0. The number of terminal acetylenes is 1. The average molecular weight is 253 g/mol. The van der Waals surface area contributed by atoms with E-state index in [1.165, 1.54) is 5.56 Å². The average Bonchev–Trinajstić information content (AvgIpc) is 2.20. The highest BCUT2D eigenvalue weighted by Gasteiger charge is 2.05. The molecule has 2 nitrogen and oxygen atoms in total. The van der Waals surface area contributed by atoms with Gasteiger partial charge in [0.25, 0.3) is 0 Å². The summed E-state index contributed by atoms with van der Waals surface area (Å²) < 4.78 is 1.08. The second-order valence-electron chi connectivity index (χ2n) is 3.10. The molecule has 0 amide bonds. The molecule has 1 atom stereocenters. The smallest absolute Gasteiger partial charge is 0.0360 e. The largest absolute Gasteiger partial charge is 0.271 e. The minimum atomic E-state index is 0.154. The predicted octanol–water partition coefficient (Wildman–Crippen LogP) is 1.85. The van der Waals surface area contributed by atoms with Crippen LogP contribution in [-0.4, -0.2) is 6.04 Å². The fourth-order valence-corrected chi connectivity index (χ4v) is 1.50. The van der Waals surface area contributed by atoms with Gasteiger partial charge in [-0.2, -0.15) is 0 Å². The molecule has 0 spiro atoms. The van der Waals surface area contributed by atoms with Crippen LogP contribution in [0.2, 0.25) is 0 Å². The molecular weight excluding hydrogens is 240 g/mol. The molecule has 1 aromatic rings. The van der Waals surface area contributed by atoms with Gasteiger partial charge in [-0.05, 0) is 24.1 Å². The van der Waals surface area contributed by atoms with Gasteiger partial charge in [0.1, 0.15) is 0 Å². The van der Waals surface area contributed by atoms with E-state index < -0.39 is 0 Å². The van der Waals surface area contributed by atoms with Gasteiger partial charge in [0, 0.05) is 16.9 Å². The molecule has 0 fully saturated rings. The Labute approximate surface area is 93.0 Å². The third-order valence-corrected chi connectivity index (χ3v) is 2.52. The van der Waals surface area contributed by atoms with E-state index in [0.29, 0.717) is 6.42 Å². The maximum Gasteiger partial charge on any atom is 0.0360 e. The third kappa shape index (κ3) is 3.51. The highest BCUT2D eigenvalue weighted by molar-refractivity contribution is 9.10. The quantitative estimate of drug-likeness (QED) is 0.488. The molecule has 0 aliphatic rings. The van der Waals surface area contributed by atoms with Crippen LogP contribution in [0, 0.1) is 12.3 Å². The summed E-state index contributed by atoms with van der Waals surface area (Å²) >= 11 is 3.39. The van der Waals surface area contributed by atoms with Crippen LogP contribution in [0.25, 0.3) is 0 Å². The van der Waals surface area contributed by atoms with Crippen LogP contribution >= 0.6 is 15.9 Å². The zero-order chi connectivity index (χ0) is 10.4. The van der Waals surface area contributed by atoms with Crippen molar-refractivity contribution < 1.29 is 0 Å². The number of nitrogens with one attached hydrogen (secondary N) is 1. The highest BCUT2D eigenvalue weighted by Crippen LogP contribution is 2.12. The van der Waals surface area contributed by atoms with Crippen molar-refractivity contribution in [3.8, 4) is 12.3 Å². The topological polar surface area (TPSA) is 38.0 Å². The summed E-state index contributed by atoms with van der Waals surface area (Å²) in [4.78, 5) is 0. The van der Waals surface area contributed by atoms with E-state index in [4.69, 9.17) is 12.3 Å². The Kier molecular flexibility index (Phi) is 4.68. The Balaban J connectivity index is 2.59. The molecule has 0 aliphatic carbocycles. The fraction of sp³-hybridized carbons (Fsp3) is 0.273. The molecule has 0 saturated carbocycles. The van der Waals surface area contributed by atoms with Crippen molar-refractivity contribution in [1.29, 1.82) is 0 Å². The summed E-state index contributed by atoms with van der Waals surface area (Å²) in [6, 6.07) is 8.30. The lowest BCUT2D eigenvalue weighted by Crippen LogP contribution is -2.36. The number of hydrogen-bond donors (Lipinski definition) is 2. The van der Waals surface area contributed by atoms with Crippen molar-refractivity contribution in [3.05, 3.63) is 34.3 Å². The summed E-state index contributed by atoms with van der Waals surface area (Å²) in [5.41, 5.74) is 3.94. The first kappa shape index (κ1) is 11.3. The predicted molar refractivity (Wildman–Crippen MR) is 62.4 cm³/mol. The SMILES string of the molecule is C#CCC(Cc1ccc(Br)cc1)NN. The molecule has 14 heavy (non-hydrogen) atoms. The van der Waals surface area contributed by atoms with Gasteiger partial charge in [-0.25, -0.2) is 0 Å². The molecule has 0 heterocycles. The van der Waals surface area contributed by atoms with Gasteiger partial charge in [0.2, 0.25) is 0 Å². The molecule has 0 saturated heterocycles. The summed E-state index contributed by atoms with van der Waals surface area (Å²) in [5.74, 6) is 7.98. The van der Waals surface area contributed by atoms with Crippen LogP contribution in [0.3, 0.4) is 0 Å². The van der Waals surface area contributed by atoms with Crippen molar-refractivity contribution >= 4 is 15.9 Å². The molecule has 3 N–H and O–H groups in total. The number of nitrogens with two attached hydrogens (primary N) is 1. The Morgan fingerprint density at radius 2 is 2.07 bits per heavy atom. The molecule has 74 valence electrons. The van der Waals surface area contributed by atoms with Gasteiger partial charge >= 0.3 is 0 Å². The number of rotatable bonds is 4. The van der Waals surface area contributed by atoms with E-state index in [9.17, 15) is 0 Å². The molecule has 3 heteroatoms.